The molecule has 0 aliphatic rings. The van der Waals surface area contributed by atoms with Crippen molar-refractivity contribution in [1.29, 1.82) is 0 Å². The highest BCUT2D eigenvalue weighted by molar-refractivity contribution is 5.51. The molecule has 0 fully saturated rings. The fourth-order valence-electron chi connectivity index (χ4n) is 1.43. The lowest BCUT2D eigenvalue weighted by Gasteiger charge is -2.05. The molecule has 0 aliphatic carbocycles. The number of rotatable bonds is 7. The summed E-state index contributed by atoms with van der Waals surface area (Å²) in [6.07, 6.45) is 5.30. The number of ether oxygens (including phenoxy) is 1. The summed E-state index contributed by atoms with van der Waals surface area (Å²) in [5.41, 5.74) is 1.18. The van der Waals surface area contributed by atoms with Gasteiger partial charge in [-0.1, -0.05) is 45.1 Å². The third kappa shape index (κ3) is 6.12. The van der Waals surface area contributed by atoms with Crippen LogP contribution in [0, 0.1) is 0 Å². The van der Waals surface area contributed by atoms with Crippen LogP contribution in [0.1, 0.15) is 32.8 Å². The fraction of sp³-hybridized carbons (Fsp3) is 0.467. The quantitative estimate of drug-likeness (QED) is 0.778. The Balaban J connectivity index is 2.47. The molecule has 0 spiro atoms. The van der Waals surface area contributed by atoms with Crippen molar-refractivity contribution in [2.75, 3.05) is 13.2 Å². The van der Waals surface area contributed by atoms with Gasteiger partial charge in [-0.25, -0.2) is 0 Å². The molecule has 0 aliphatic heterocycles. The minimum atomic E-state index is 0.527. The van der Waals surface area contributed by atoms with Gasteiger partial charge in [0.2, 0.25) is 0 Å². The molecule has 1 aromatic carbocycles. The molecule has 0 saturated carbocycles. The number of benzene rings is 1. The first-order valence-corrected chi connectivity index (χ1v) is 6.35. The lowest BCUT2D eigenvalue weighted by atomic mass is 10.2. The Hall–Kier alpha value is -1.28. The van der Waals surface area contributed by atoms with Crippen LogP contribution in [0.25, 0.3) is 6.08 Å². The van der Waals surface area contributed by atoms with Crippen LogP contribution >= 0.6 is 0 Å². The topological polar surface area (TPSA) is 21.3 Å². The molecular weight excluding hydrogens is 210 g/mol. The largest absolute Gasteiger partial charge is 0.494 e. The Labute approximate surface area is 105 Å². The summed E-state index contributed by atoms with van der Waals surface area (Å²) in [6, 6.07) is 8.71. The molecule has 1 N–H and O–H groups in total. The van der Waals surface area contributed by atoms with Gasteiger partial charge in [-0.05, 0) is 24.1 Å². The van der Waals surface area contributed by atoms with E-state index < -0.39 is 0 Å². The minimum absolute atomic E-state index is 0.527. The van der Waals surface area contributed by atoms with E-state index in [-0.39, 0.29) is 0 Å². The van der Waals surface area contributed by atoms with E-state index in [2.05, 4.69) is 50.4 Å². The van der Waals surface area contributed by atoms with E-state index in [4.69, 9.17) is 4.74 Å². The average Bonchev–Trinajstić information content (AvgIpc) is 2.32. The highest BCUT2D eigenvalue weighted by atomic mass is 16.5. The molecule has 0 unspecified atom stereocenters. The van der Waals surface area contributed by atoms with E-state index in [1.54, 1.807) is 0 Å². The monoisotopic (exact) mass is 233 g/mol. The molecule has 2 nitrogen and oxygen atoms in total. The van der Waals surface area contributed by atoms with Crippen molar-refractivity contribution in [2.45, 2.75) is 33.2 Å². The summed E-state index contributed by atoms with van der Waals surface area (Å²) in [6.45, 7) is 8.08. The maximum atomic E-state index is 5.59. The molecule has 0 amide bonds. The van der Waals surface area contributed by atoms with Gasteiger partial charge in [-0.2, -0.15) is 0 Å². The standard InChI is InChI=1S/C15H23NO/c1-4-11-17-15-9-5-7-14(12-15)8-6-10-16-13(2)3/h5-9,12-13,16H,4,10-11H2,1-3H3. The molecule has 1 aromatic rings. The number of hydrogen-bond donors (Lipinski definition) is 1. The maximum Gasteiger partial charge on any atom is 0.119 e. The Morgan fingerprint density at radius 1 is 1.35 bits per heavy atom. The van der Waals surface area contributed by atoms with Crippen LogP contribution in [0.15, 0.2) is 30.3 Å². The Morgan fingerprint density at radius 3 is 2.88 bits per heavy atom. The van der Waals surface area contributed by atoms with Gasteiger partial charge >= 0.3 is 0 Å². The van der Waals surface area contributed by atoms with Crippen LogP contribution < -0.4 is 10.1 Å². The van der Waals surface area contributed by atoms with Gasteiger partial charge in [0.25, 0.3) is 0 Å². The van der Waals surface area contributed by atoms with E-state index in [0.717, 1.165) is 25.3 Å². The van der Waals surface area contributed by atoms with Crippen molar-refractivity contribution in [3.8, 4) is 5.75 Å². The zero-order valence-electron chi connectivity index (χ0n) is 11.1. The van der Waals surface area contributed by atoms with Crippen molar-refractivity contribution in [3.63, 3.8) is 0 Å². The Morgan fingerprint density at radius 2 is 2.18 bits per heavy atom. The third-order valence-electron chi connectivity index (χ3n) is 2.29. The van der Waals surface area contributed by atoms with Crippen LogP contribution in [-0.4, -0.2) is 19.2 Å². The molecule has 0 aromatic heterocycles. The van der Waals surface area contributed by atoms with E-state index in [1.807, 2.05) is 12.1 Å². The predicted molar refractivity (Wildman–Crippen MR) is 74.4 cm³/mol. The zero-order chi connectivity index (χ0) is 12.5. The first-order chi connectivity index (χ1) is 8.22. The second-order valence-electron chi connectivity index (χ2n) is 4.39. The van der Waals surface area contributed by atoms with Crippen molar-refractivity contribution in [1.82, 2.24) is 5.32 Å². The number of hydrogen-bond acceptors (Lipinski definition) is 2. The van der Waals surface area contributed by atoms with Gasteiger partial charge in [-0.15, -0.1) is 0 Å². The van der Waals surface area contributed by atoms with Gasteiger partial charge < -0.3 is 10.1 Å². The molecule has 2 heteroatoms. The molecular formula is C15H23NO. The van der Waals surface area contributed by atoms with Gasteiger partial charge in [0, 0.05) is 12.6 Å². The van der Waals surface area contributed by atoms with Crippen LogP contribution in [0.2, 0.25) is 0 Å². The van der Waals surface area contributed by atoms with Gasteiger partial charge in [0.1, 0.15) is 5.75 Å². The van der Waals surface area contributed by atoms with Crippen molar-refractivity contribution in [3.05, 3.63) is 35.9 Å². The van der Waals surface area contributed by atoms with E-state index in [9.17, 15) is 0 Å². The molecule has 0 atom stereocenters. The highest BCUT2D eigenvalue weighted by Gasteiger charge is 1.93. The summed E-state index contributed by atoms with van der Waals surface area (Å²) in [4.78, 5) is 0. The lowest BCUT2D eigenvalue weighted by Crippen LogP contribution is -2.22. The average molecular weight is 233 g/mol. The second kappa shape index (κ2) is 7.91. The molecule has 17 heavy (non-hydrogen) atoms. The smallest absolute Gasteiger partial charge is 0.119 e. The molecule has 0 radical (unpaired) electrons. The van der Waals surface area contributed by atoms with Crippen LogP contribution in [0.4, 0.5) is 0 Å². The molecule has 0 bridgehead atoms. The van der Waals surface area contributed by atoms with E-state index in [0.29, 0.717) is 6.04 Å². The SMILES string of the molecule is CCCOc1cccc(C=CCNC(C)C)c1. The Bertz CT molecular complexity index is 345. The molecule has 0 heterocycles. The molecule has 94 valence electrons. The summed E-state index contributed by atoms with van der Waals surface area (Å²) in [5, 5.41) is 3.35. The minimum Gasteiger partial charge on any atom is -0.494 e. The normalized spacial score (nSPS) is 11.3. The van der Waals surface area contributed by atoms with Crippen molar-refractivity contribution >= 4 is 6.08 Å². The lowest BCUT2D eigenvalue weighted by molar-refractivity contribution is 0.317. The van der Waals surface area contributed by atoms with E-state index >= 15 is 0 Å². The van der Waals surface area contributed by atoms with Crippen LogP contribution in [0.3, 0.4) is 0 Å². The predicted octanol–water partition coefficient (Wildman–Crippen LogP) is 3.49. The summed E-state index contributed by atoms with van der Waals surface area (Å²) in [5.74, 6) is 0.950. The first kappa shape index (κ1) is 13.8. The van der Waals surface area contributed by atoms with Gasteiger partial charge in [-0.3, -0.25) is 0 Å². The van der Waals surface area contributed by atoms with Gasteiger partial charge in [0.05, 0.1) is 6.61 Å². The molecule has 1 rings (SSSR count). The number of nitrogens with one attached hydrogen (secondary N) is 1. The highest BCUT2D eigenvalue weighted by Crippen LogP contribution is 2.14. The summed E-state index contributed by atoms with van der Waals surface area (Å²) < 4.78 is 5.59. The van der Waals surface area contributed by atoms with Gasteiger partial charge in [0.15, 0.2) is 0 Å². The first-order valence-electron chi connectivity index (χ1n) is 6.35. The summed E-state index contributed by atoms with van der Waals surface area (Å²) in [7, 11) is 0. The summed E-state index contributed by atoms with van der Waals surface area (Å²) >= 11 is 0. The van der Waals surface area contributed by atoms with Crippen LogP contribution in [-0.2, 0) is 0 Å². The Kier molecular flexibility index (Phi) is 6.41. The molecule has 0 saturated heterocycles. The van der Waals surface area contributed by atoms with Crippen molar-refractivity contribution in [2.24, 2.45) is 0 Å². The third-order valence-corrected chi connectivity index (χ3v) is 2.29. The fourth-order valence-corrected chi connectivity index (χ4v) is 1.43. The van der Waals surface area contributed by atoms with Crippen LogP contribution in [0.5, 0.6) is 5.75 Å². The maximum absolute atomic E-state index is 5.59. The second-order valence-corrected chi connectivity index (χ2v) is 4.39. The van der Waals surface area contributed by atoms with Crippen molar-refractivity contribution < 1.29 is 4.74 Å². The van der Waals surface area contributed by atoms with E-state index in [1.165, 1.54) is 5.56 Å². The zero-order valence-corrected chi connectivity index (χ0v) is 11.1.